The van der Waals surface area contributed by atoms with Crippen molar-refractivity contribution in [3.05, 3.63) is 42.0 Å². The summed E-state index contributed by atoms with van der Waals surface area (Å²) in [6.45, 7) is 4.96. The molecule has 4 heteroatoms. The van der Waals surface area contributed by atoms with Crippen LogP contribution in [0.2, 0.25) is 0 Å². The number of rotatable bonds is 13. The van der Waals surface area contributed by atoms with E-state index in [1.165, 1.54) is 44.6 Å². The van der Waals surface area contributed by atoms with Gasteiger partial charge in [0.1, 0.15) is 0 Å². The summed E-state index contributed by atoms with van der Waals surface area (Å²) in [6.07, 6.45) is 15.4. The highest BCUT2D eigenvalue weighted by molar-refractivity contribution is 5.56. The van der Waals surface area contributed by atoms with Crippen molar-refractivity contribution in [2.24, 2.45) is 0 Å². The molecule has 0 atom stereocenters. The lowest BCUT2D eigenvalue weighted by Gasteiger charge is -2.09. The maximum atomic E-state index is 14.3. The van der Waals surface area contributed by atoms with E-state index >= 15 is 0 Å². The lowest BCUT2D eigenvalue weighted by atomic mass is 10.1. The van der Waals surface area contributed by atoms with Crippen molar-refractivity contribution < 1.29 is 9.13 Å². The van der Waals surface area contributed by atoms with Gasteiger partial charge in [-0.15, -0.1) is 0 Å². The van der Waals surface area contributed by atoms with Crippen LogP contribution in [0.4, 0.5) is 4.39 Å². The molecular formula is C23H33FN2O. The smallest absolute Gasteiger partial charge is 0.165 e. The molecule has 2 rings (SSSR count). The van der Waals surface area contributed by atoms with E-state index in [1.807, 2.05) is 18.5 Å². The first-order valence-electron chi connectivity index (χ1n) is 10.5. The second kappa shape index (κ2) is 12.4. The molecule has 0 fully saturated rings. The third-order valence-electron chi connectivity index (χ3n) is 4.72. The van der Waals surface area contributed by atoms with Crippen LogP contribution in [0.5, 0.6) is 5.75 Å². The Bertz CT molecular complexity index is 658. The molecule has 0 unspecified atom stereocenters. The molecule has 27 heavy (non-hydrogen) atoms. The van der Waals surface area contributed by atoms with E-state index < -0.39 is 0 Å². The van der Waals surface area contributed by atoms with Crippen LogP contribution in [0.15, 0.2) is 30.6 Å². The maximum Gasteiger partial charge on any atom is 0.165 e. The van der Waals surface area contributed by atoms with Gasteiger partial charge in [0.2, 0.25) is 0 Å². The van der Waals surface area contributed by atoms with Crippen LogP contribution in [0.25, 0.3) is 11.4 Å². The number of aryl methyl sites for hydroxylation is 1. The molecule has 1 aromatic carbocycles. The van der Waals surface area contributed by atoms with Crippen molar-refractivity contribution in [1.82, 2.24) is 9.97 Å². The predicted molar refractivity (Wildman–Crippen MR) is 110 cm³/mol. The van der Waals surface area contributed by atoms with E-state index in [0.29, 0.717) is 23.7 Å². The zero-order chi connectivity index (χ0) is 19.3. The fourth-order valence-corrected chi connectivity index (χ4v) is 3.03. The number of ether oxygens (including phenoxy) is 1. The van der Waals surface area contributed by atoms with Gasteiger partial charge in [-0.3, -0.25) is 0 Å². The Balaban J connectivity index is 1.83. The minimum atomic E-state index is -0.353. The van der Waals surface area contributed by atoms with Gasteiger partial charge in [-0.25, -0.2) is 14.4 Å². The van der Waals surface area contributed by atoms with Crippen molar-refractivity contribution >= 4 is 0 Å². The van der Waals surface area contributed by atoms with E-state index in [2.05, 4.69) is 23.8 Å². The normalized spacial score (nSPS) is 10.9. The molecule has 0 spiro atoms. The predicted octanol–water partition coefficient (Wildman–Crippen LogP) is 6.75. The van der Waals surface area contributed by atoms with Crippen LogP contribution >= 0.6 is 0 Å². The maximum absolute atomic E-state index is 14.3. The topological polar surface area (TPSA) is 35.0 Å². The van der Waals surface area contributed by atoms with Crippen molar-refractivity contribution in [3.63, 3.8) is 0 Å². The molecule has 3 nitrogen and oxygen atoms in total. The fraction of sp³-hybridized carbons (Fsp3) is 0.565. The molecule has 2 aromatic rings. The van der Waals surface area contributed by atoms with Gasteiger partial charge in [0, 0.05) is 18.0 Å². The number of benzene rings is 1. The summed E-state index contributed by atoms with van der Waals surface area (Å²) in [6, 6.07) is 4.97. The van der Waals surface area contributed by atoms with Crippen molar-refractivity contribution in [2.75, 3.05) is 6.61 Å². The number of hydrogen-bond acceptors (Lipinski definition) is 3. The van der Waals surface area contributed by atoms with Gasteiger partial charge < -0.3 is 4.74 Å². The Kier molecular flexibility index (Phi) is 9.81. The molecule has 148 valence electrons. The van der Waals surface area contributed by atoms with Gasteiger partial charge in [-0.1, -0.05) is 58.8 Å². The second-order valence-electron chi connectivity index (χ2n) is 7.13. The van der Waals surface area contributed by atoms with Gasteiger partial charge in [0.15, 0.2) is 17.4 Å². The van der Waals surface area contributed by atoms with E-state index in [-0.39, 0.29) is 5.82 Å². The average molecular weight is 373 g/mol. The zero-order valence-electron chi connectivity index (χ0n) is 16.8. The van der Waals surface area contributed by atoms with E-state index in [4.69, 9.17) is 4.74 Å². The zero-order valence-corrected chi connectivity index (χ0v) is 16.8. The molecule has 0 saturated carbocycles. The van der Waals surface area contributed by atoms with Gasteiger partial charge >= 0.3 is 0 Å². The highest BCUT2D eigenvalue weighted by Crippen LogP contribution is 2.24. The van der Waals surface area contributed by atoms with Crippen LogP contribution < -0.4 is 4.74 Å². The number of hydrogen-bond donors (Lipinski definition) is 0. The van der Waals surface area contributed by atoms with E-state index in [1.54, 1.807) is 6.07 Å². The standard InChI is InChI=1S/C23H33FN2O/c1-3-5-7-8-9-11-15-27-22-14-13-20(16-21(22)24)23-25-17-19(18-26-23)12-10-6-4-2/h13-14,16-18H,3-12,15H2,1-2H3. The third kappa shape index (κ3) is 7.66. The number of nitrogens with zero attached hydrogens (tertiary/aromatic N) is 2. The summed E-state index contributed by atoms with van der Waals surface area (Å²) in [5.74, 6) is 0.508. The van der Waals surface area contributed by atoms with Crippen LogP contribution in [-0.4, -0.2) is 16.6 Å². The Morgan fingerprint density at radius 1 is 0.852 bits per heavy atom. The largest absolute Gasteiger partial charge is 0.491 e. The van der Waals surface area contributed by atoms with Gasteiger partial charge in [-0.2, -0.15) is 0 Å². The van der Waals surface area contributed by atoms with Crippen molar-refractivity contribution in [1.29, 1.82) is 0 Å². The summed E-state index contributed by atoms with van der Waals surface area (Å²) in [4.78, 5) is 8.78. The first kappa shape index (κ1) is 21.3. The Hall–Kier alpha value is -1.97. The minimum absolute atomic E-state index is 0.309. The van der Waals surface area contributed by atoms with Gasteiger partial charge in [0.25, 0.3) is 0 Å². The van der Waals surface area contributed by atoms with Crippen LogP contribution in [0.3, 0.4) is 0 Å². The number of halogens is 1. The third-order valence-corrected chi connectivity index (χ3v) is 4.72. The second-order valence-corrected chi connectivity index (χ2v) is 7.13. The quantitative estimate of drug-likeness (QED) is 0.365. The van der Waals surface area contributed by atoms with E-state index in [9.17, 15) is 4.39 Å². The van der Waals surface area contributed by atoms with E-state index in [0.717, 1.165) is 31.2 Å². The Morgan fingerprint density at radius 3 is 2.22 bits per heavy atom. The SMILES string of the molecule is CCCCCCCCOc1ccc(-c2ncc(CCCCC)cn2)cc1F. The van der Waals surface area contributed by atoms with Crippen LogP contribution in [-0.2, 0) is 6.42 Å². The molecule has 0 aliphatic rings. The van der Waals surface area contributed by atoms with Gasteiger partial charge in [-0.05, 0) is 43.0 Å². The highest BCUT2D eigenvalue weighted by Gasteiger charge is 2.08. The summed E-state index contributed by atoms with van der Waals surface area (Å²) in [5, 5.41) is 0. The van der Waals surface area contributed by atoms with Crippen molar-refractivity contribution in [3.8, 4) is 17.1 Å². The summed E-state index contributed by atoms with van der Waals surface area (Å²) in [7, 11) is 0. The summed E-state index contributed by atoms with van der Waals surface area (Å²) >= 11 is 0. The molecule has 0 amide bonds. The molecule has 0 aliphatic heterocycles. The summed E-state index contributed by atoms with van der Waals surface area (Å²) < 4.78 is 19.9. The molecule has 0 saturated heterocycles. The first-order chi connectivity index (χ1) is 13.2. The molecular weight excluding hydrogens is 339 g/mol. The fourth-order valence-electron chi connectivity index (χ4n) is 3.03. The summed E-state index contributed by atoms with van der Waals surface area (Å²) in [5.41, 5.74) is 1.81. The monoisotopic (exact) mass is 372 g/mol. The Morgan fingerprint density at radius 2 is 1.52 bits per heavy atom. The van der Waals surface area contributed by atoms with Crippen molar-refractivity contribution in [2.45, 2.75) is 78.1 Å². The molecule has 0 radical (unpaired) electrons. The van der Waals surface area contributed by atoms with Crippen LogP contribution in [0.1, 0.15) is 77.2 Å². The minimum Gasteiger partial charge on any atom is -0.491 e. The Labute approximate surface area is 163 Å². The number of unbranched alkanes of at least 4 members (excludes halogenated alkanes) is 7. The lowest BCUT2D eigenvalue weighted by Crippen LogP contribution is -2.00. The molecule has 0 aliphatic carbocycles. The molecule has 0 bridgehead atoms. The number of aromatic nitrogens is 2. The molecule has 1 aromatic heterocycles. The average Bonchev–Trinajstić information content (AvgIpc) is 2.69. The first-order valence-corrected chi connectivity index (χ1v) is 10.5. The highest BCUT2D eigenvalue weighted by atomic mass is 19.1. The lowest BCUT2D eigenvalue weighted by molar-refractivity contribution is 0.290. The van der Waals surface area contributed by atoms with Gasteiger partial charge in [0.05, 0.1) is 6.61 Å². The van der Waals surface area contributed by atoms with Crippen LogP contribution in [0, 0.1) is 5.82 Å². The molecule has 1 heterocycles. The molecule has 0 N–H and O–H groups in total.